The van der Waals surface area contributed by atoms with Crippen LogP contribution in [0.15, 0.2) is 0 Å². The number of aliphatic hydroxyl groups excluding tert-OH is 1. The second kappa shape index (κ2) is 9.47. The lowest BCUT2D eigenvalue weighted by Crippen LogP contribution is -2.60. The van der Waals surface area contributed by atoms with Crippen molar-refractivity contribution in [2.45, 2.75) is 108 Å². The van der Waals surface area contributed by atoms with E-state index in [1.165, 1.54) is 4.90 Å². The number of nitrogens with one attached hydrogen (secondary N) is 3. The van der Waals surface area contributed by atoms with E-state index in [2.05, 4.69) is 15.4 Å². The highest BCUT2D eigenvalue weighted by Crippen LogP contribution is 2.37. The number of β-amino-alcohol motifs (C(OH)–C–C–N with tert-alkyl or cyclic N) is 1. The average molecular weight is 531 g/mol. The Hall–Kier alpha value is -2.41. The molecule has 0 aromatic heterocycles. The SMILES string of the molecule is CC(C)(C)OC(=O)N[C@H](C(=O)N1C[C@H](O)C[C@H]1C(=O)NC1(C(=O)NS(=O)(=O)C2CC2)CC1)C(C)(C)C. The molecule has 3 rings (SSSR count). The zero-order valence-corrected chi connectivity index (χ0v) is 22.5. The predicted octanol–water partition coefficient (Wildman–Crippen LogP) is 0.145. The number of nitrogens with zero attached hydrogens (tertiary/aromatic N) is 1. The van der Waals surface area contributed by atoms with E-state index in [4.69, 9.17) is 4.74 Å². The summed E-state index contributed by atoms with van der Waals surface area (Å²) in [6.45, 7) is 10.2. The molecule has 3 aliphatic rings. The molecule has 1 saturated heterocycles. The topological polar surface area (TPSA) is 171 Å². The van der Waals surface area contributed by atoms with Gasteiger partial charge in [-0.1, -0.05) is 20.8 Å². The summed E-state index contributed by atoms with van der Waals surface area (Å²) in [4.78, 5) is 53.1. The molecule has 1 aliphatic heterocycles. The first-order valence-corrected chi connectivity index (χ1v) is 13.8. The van der Waals surface area contributed by atoms with Gasteiger partial charge in [-0.2, -0.15) is 0 Å². The Morgan fingerprint density at radius 2 is 1.64 bits per heavy atom. The number of rotatable bonds is 7. The highest BCUT2D eigenvalue weighted by atomic mass is 32.2. The van der Waals surface area contributed by atoms with Crippen LogP contribution in [0.4, 0.5) is 4.79 Å². The molecule has 2 saturated carbocycles. The normalized spacial score (nSPS) is 24.5. The third-order valence-corrected chi connectivity index (χ3v) is 8.20. The van der Waals surface area contributed by atoms with E-state index in [0.717, 1.165) is 0 Å². The predicted molar refractivity (Wildman–Crippen MR) is 129 cm³/mol. The van der Waals surface area contributed by atoms with Crippen molar-refractivity contribution in [1.82, 2.24) is 20.3 Å². The molecule has 204 valence electrons. The summed E-state index contributed by atoms with van der Waals surface area (Å²) in [6, 6.07) is -2.15. The molecular weight excluding hydrogens is 492 g/mol. The Balaban J connectivity index is 1.73. The third-order valence-electron chi connectivity index (χ3n) is 6.38. The first-order valence-electron chi connectivity index (χ1n) is 12.2. The number of alkyl carbamates (subject to hydrolysis) is 1. The standard InChI is InChI=1S/C23H38N4O8S/c1-21(2,3)16(24-20(32)35-22(4,5)6)18(30)27-12-13(28)11-15(27)17(29)25-23(9-10-23)19(31)26-36(33,34)14-7-8-14/h13-16,28H,7-12H2,1-6H3,(H,24,32)(H,25,29)(H,26,31)/t13-,15+,16-/m1/s1. The van der Waals surface area contributed by atoms with Crippen molar-refractivity contribution in [2.24, 2.45) is 5.41 Å². The molecule has 0 aromatic rings. The summed E-state index contributed by atoms with van der Waals surface area (Å²) >= 11 is 0. The second-order valence-electron chi connectivity index (χ2n) is 12.1. The van der Waals surface area contributed by atoms with Crippen LogP contribution >= 0.6 is 0 Å². The molecule has 0 radical (unpaired) electrons. The van der Waals surface area contributed by atoms with Gasteiger partial charge in [-0.3, -0.25) is 19.1 Å². The summed E-state index contributed by atoms with van der Waals surface area (Å²) < 4.78 is 31.7. The smallest absolute Gasteiger partial charge is 0.408 e. The molecule has 2 aliphatic carbocycles. The molecule has 36 heavy (non-hydrogen) atoms. The molecule has 13 heteroatoms. The molecule has 4 N–H and O–H groups in total. The summed E-state index contributed by atoms with van der Waals surface area (Å²) in [6.07, 6.45) is -0.319. The fourth-order valence-corrected chi connectivity index (χ4v) is 5.46. The lowest BCUT2D eigenvalue weighted by Gasteiger charge is -2.36. The lowest BCUT2D eigenvalue weighted by atomic mass is 9.85. The highest BCUT2D eigenvalue weighted by molar-refractivity contribution is 7.91. The van der Waals surface area contributed by atoms with Gasteiger partial charge in [0.05, 0.1) is 11.4 Å². The van der Waals surface area contributed by atoms with Gasteiger partial charge in [0.1, 0.15) is 23.2 Å². The van der Waals surface area contributed by atoms with Gasteiger partial charge in [0.2, 0.25) is 21.8 Å². The van der Waals surface area contributed by atoms with Crippen LogP contribution in [0.5, 0.6) is 0 Å². The fourth-order valence-electron chi connectivity index (χ4n) is 4.09. The Morgan fingerprint density at radius 1 is 1.06 bits per heavy atom. The molecule has 0 unspecified atom stereocenters. The molecule has 3 fully saturated rings. The van der Waals surface area contributed by atoms with Gasteiger partial charge >= 0.3 is 6.09 Å². The van der Waals surface area contributed by atoms with E-state index in [-0.39, 0.29) is 25.8 Å². The molecular formula is C23H38N4O8S. The Labute approximate surface area is 211 Å². The third kappa shape index (κ3) is 6.67. The van der Waals surface area contributed by atoms with Gasteiger partial charge in [0.25, 0.3) is 5.91 Å². The monoisotopic (exact) mass is 530 g/mol. The first-order chi connectivity index (χ1) is 16.3. The first kappa shape index (κ1) is 28.2. The number of hydrogen-bond donors (Lipinski definition) is 4. The fraction of sp³-hybridized carbons (Fsp3) is 0.826. The number of sulfonamides is 1. The van der Waals surface area contributed by atoms with Gasteiger partial charge in [0.15, 0.2) is 0 Å². The number of carbonyl (C=O) groups is 4. The number of carbonyl (C=O) groups excluding carboxylic acids is 4. The Bertz CT molecular complexity index is 1020. The number of ether oxygens (including phenoxy) is 1. The zero-order chi connectivity index (χ0) is 27.3. The Kier molecular flexibility index (Phi) is 7.41. The summed E-state index contributed by atoms with van der Waals surface area (Å²) in [5.74, 6) is -2.03. The van der Waals surface area contributed by atoms with E-state index in [1.54, 1.807) is 41.5 Å². The van der Waals surface area contributed by atoms with E-state index in [9.17, 15) is 32.7 Å². The van der Waals surface area contributed by atoms with Crippen LogP contribution in [0.3, 0.4) is 0 Å². The minimum Gasteiger partial charge on any atom is -0.444 e. The second-order valence-corrected chi connectivity index (χ2v) is 14.0. The van der Waals surface area contributed by atoms with Gasteiger partial charge in [-0.25, -0.2) is 13.2 Å². The number of hydrogen-bond acceptors (Lipinski definition) is 8. The van der Waals surface area contributed by atoms with E-state index in [1.807, 2.05) is 0 Å². The van der Waals surface area contributed by atoms with Crippen molar-refractivity contribution in [2.75, 3.05) is 6.54 Å². The van der Waals surface area contributed by atoms with E-state index < -0.39 is 73.8 Å². The quantitative estimate of drug-likeness (QED) is 0.360. The van der Waals surface area contributed by atoms with Crippen LogP contribution in [-0.4, -0.2) is 83.4 Å². The summed E-state index contributed by atoms with van der Waals surface area (Å²) in [5.41, 5.74) is -2.90. The zero-order valence-electron chi connectivity index (χ0n) is 21.7. The number of likely N-dealkylation sites (tertiary alicyclic amines) is 1. The minimum atomic E-state index is -3.78. The highest BCUT2D eigenvalue weighted by Gasteiger charge is 2.55. The molecule has 0 spiro atoms. The number of amides is 4. The lowest BCUT2D eigenvalue weighted by molar-refractivity contribution is -0.143. The van der Waals surface area contributed by atoms with Crippen LogP contribution in [0.25, 0.3) is 0 Å². The van der Waals surface area contributed by atoms with Crippen LogP contribution in [0.2, 0.25) is 0 Å². The van der Waals surface area contributed by atoms with Crippen molar-refractivity contribution < 1.29 is 37.4 Å². The molecule has 12 nitrogen and oxygen atoms in total. The molecule has 3 atom stereocenters. The van der Waals surface area contributed by atoms with Crippen molar-refractivity contribution in [3.05, 3.63) is 0 Å². The van der Waals surface area contributed by atoms with Gasteiger partial charge in [-0.05, 0) is 51.9 Å². The number of aliphatic hydroxyl groups is 1. The van der Waals surface area contributed by atoms with Crippen molar-refractivity contribution in [3.63, 3.8) is 0 Å². The average Bonchev–Trinajstić information content (AvgIpc) is 3.61. The van der Waals surface area contributed by atoms with Crippen LogP contribution in [0.1, 0.15) is 73.6 Å². The van der Waals surface area contributed by atoms with Crippen LogP contribution in [-0.2, 0) is 29.1 Å². The van der Waals surface area contributed by atoms with Gasteiger partial charge in [0, 0.05) is 13.0 Å². The Morgan fingerprint density at radius 3 is 2.11 bits per heavy atom. The van der Waals surface area contributed by atoms with Crippen LogP contribution in [0, 0.1) is 5.41 Å². The molecule has 4 amide bonds. The largest absolute Gasteiger partial charge is 0.444 e. The van der Waals surface area contributed by atoms with Crippen LogP contribution < -0.4 is 15.4 Å². The van der Waals surface area contributed by atoms with Crippen molar-refractivity contribution in [1.29, 1.82) is 0 Å². The van der Waals surface area contributed by atoms with Gasteiger partial charge in [-0.15, -0.1) is 0 Å². The molecule has 0 aromatic carbocycles. The van der Waals surface area contributed by atoms with Crippen molar-refractivity contribution >= 4 is 33.8 Å². The van der Waals surface area contributed by atoms with Gasteiger partial charge < -0.3 is 25.4 Å². The maximum Gasteiger partial charge on any atom is 0.408 e. The maximum absolute atomic E-state index is 13.5. The minimum absolute atomic E-state index is 0.0566. The molecule has 0 bridgehead atoms. The molecule has 1 heterocycles. The van der Waals surface area contributed by atoms with E-state index >= 15 is 0 Å². The maximum atomic E-state index is 13.5. The summed E-state index contributed by atoms with van der Waals surface area (Å²) in [7, 11) is -3.78. The van der Waals surface area contributed by atoms with Crippen molar-refractivity contribution in [3.8, 4) is 0 Å². The summed E-state index contributed by atoms with van der Waals surface area (Å²) in [5, 5.41) is 14.9. The van der Waals surface area contributed by atoms with E-state index in [0.29, 0.717) is 12.8 Å².